The summed E-state index contributed by atoms with van der Waals surface area (Å²) >= 11 is 1.56. The predicted molar refractivity (Wildman–Crippen MR) is 127 cm³/mol. The number of ketones is 1. The Bertz CT molecular complexity index is 1260. The number of carbonyl (C=O) groups excluding carboxylic acids is 1. The van der Waals surface area contributed by atoms with E-state index in [2.05, 4.69) is 9.97 Å². The van der Waals surface area contributed by atoms with Crippen LogP contribution in [-0.2, 0) is 17.6 Å². The summed E-state index contributed by atoms with van der Waals surface area (Å²) in [6.45, 7) is 0. The van der Waals surface area contributed by atoms with Gasteiger partial charge in [0, 0.05) is 60.1 Å². The molecule has 170 valence electrons. The molecule has 0 aliphatic carbocycles. The van der Waals surface area contributed by atoms with Crippen molar-refractivity contribution in [3.63, 3.8) is 0 Å². The number of methoxy groups -OCH3 is 3. The van der Waals surface area contributed by atoms with Crippen molar-refractivity contribution in [2.24, 2.45) is 0 Å². The summed E-state index contributed by atoms with van der Waals surface area (Å²) in [7, 11) is 4.76. The van der Waals surface area contributed by atoms with Gasteiger partial charge in [-0.1, -0.05) is 6.07 Å². The van der Waals surface area contributed by atoms with Crippen LogP contribution in [0.1, 0.15) is 17.0 Å². The molecule has 4 rings (SSSR count). The first-order chi connectivity index (χ1) is 16.1. The molecule has 0 bridgehead atoms. The number of rotatable bonds is 10. The molecule has 33 heavy (non-hydrogen) atoms. The fourth-order valence-corrected chi connectivity index (χ4v) is 4.14. The van der Waals surface area contributed by atoms with Crippen molar-refractivity contribution in [3.05, 3.63) is 64.7 Å². The van der Waals surface area contributed by atoms with Gasteiger partial charge < -0.3 is 18.9 Å². The first-order valence-corrected chi connectivity index (χ1v) is 11.2. The molecule has 0 aliphatic rings. The second-order valence-electron chi connectivity index (χ2n) is 7.25. The zero-order chi connectivity index (χ0) is 23.2. The van der Waals surface area contributed by atoms with Crippen LogP contribution in [-0.4, -0.2) is 37.1 Å². The number of hydrogen-bond donors (Lipinski definition) is 0. The maximum Gasteiger partial charge on any atom is 0.162 e. The summed E-state index contributed by atoms with van der Waals surface area (Å²) in [5.41, 5.74) is 1.54. The van der Waals surface area contributed by atoms with E-state index in [0.29, 0.717) is 48.0 Å². The molecule has 0 spiro atoms. The molecular weight excluding hydrogens is 440 g/mol. The average molecular weight is 465 g/mol. The highest BCUT2D eigenvalue weighted by Crippen LogP contribution is 2.37. The van der Waals surface area contributed by atoms with E-state index in [1.165, 1.54) is 0 Å². The van der Waals surface area contributed by atoms with E-state index < -0.39 is 0 Å². The highest BCUT2D eigenvalue weighted by molar-refractivity contribution is 7.09. The molecule has 8 heteroatoms. The highest BCUT2D eigenvalue weighted by atomic mass is 32.1. The van der Waals surface area contributed by atoms with E-state index in [1.807, 2.05) is 29.6 Å². The minimum atomic E-state index is 0.137. The van der Waals surface area contributed by atoms with Gasteiger partial charge in [-0.2, -0.15) is 0 Å². The van der Waals surface area contributed by atoms with Crippen LogP contribution in [0.3, 0.4) is 0 Å². The normalized spacial score (nSPS) is 10.8. The molecule has 2 aromatic carbocycles. The summed E-state index contributed by atoms with van der Waals surface area (Å²) in [6.07, 6.45) is 4.83. The molecule has 0 amide bonds. The third kappa shape index (κ3) is 5.23. The van der Waals surface area contributed by atoms with Crippen LogP contribution in [0.2, 0.25) is 0 Å². The third-order valence-electron chi connectivity index (χ3n) is 5.18. The molecule has 0 radical (unpaired) electrons. The Balaban J connectivity index is 1.53. The lowest BCUT2D eigenvalue weighted by Crippen LogP contribution is -2.06. The van der Waals surface area contributed by atoms with E-state index >= 15 is 0 Å². The molecule has 0 saturated carbocycles. The van der Waals surface area contributed by atoms with Crippen LogP contribution in [0, 0.1) is 0 Å². The maximum atomic E-state index is 12.5. The number of aryl methyl sites for hydroxylation is 1. The van der Waals surface area contributed by atoms with Gasteiger partial charge in [0.2, 0.25) is 0 Å². The van der Waals surface area contributed by atoms with Crippen LogP contribution >= 0.6 is 11.3 Å². The number of ether oxygens (including phenoxy) is 4. The van der Waals surface area contributed by atoms with Crippen molar-refractivity contribution >= 4 is 28.0 Å². The predicted octanol–water partition coefficient (Wildman–Crippen LogP) is 5.25. The quantitative estimate of drug-likeness (QED) is 0.317. The van der Waals surface area contributed by atoms with E-state index in [0.717, 1.165) is 21.5 Å². The van der Waals surface area contributed by atoms with Crippen molar-refractivity contribution < 1.29 is 23.7 Å². The second-order valence-corrected chi connectivity index (χ2v) is 8.23. The van der Waals surface area contributed by atoms with Gasteiger partial charge in [0.1, 0.15) is 23.0 Å². The number of hydrogen-bond acceptors (Lipinski definition) is 8. The minimum Gasteiger partial charge on any atom is -0.496 e. The fraction of sp³-hybridized carbons (Fsp3) is 0.240. The van der Waals surface area contributed by atoms with Gasteiger partial charge >= 0.3 is 0 Å². The summed E-state index contributed by atoms with van der Waals surface area (Å²) < 4.78 is 22.5. The largest absolute Gasteiger partial charge is 0.496 e. The van der Waals surface area contributed by atoms with Crippen LogP contribution in [0.4, 0.5) is 0 Å². The molecule has 0 unspecified atom stereocenters. The number of pyridine rings is 1. The van der Waals surface area contributed by atoms with Gasteiger partial charge in [-0.3, -0.25) is 9.78 Å². The minimum absolute atomic E-state index is 0.137. The summed E-state index contributed by atoms with van der Waals surface area (Å²) in [5, 5.41) is 3.67. The highest BCUT2D eigenvalue weighted by Gasteiger charge is 2.14. The zero-order valence-corrected chi connectivity index (χ0v) is 19.5. The number of nitrogens with zero attached hydrogens (tertiary/aromatic N) is 2. The molecular formula is C25H24N2O5S. The number of benzene rings is 2. The van der Waals surface area contributed by atoms with Gasteiger partial charge in [-0.25, -0.2) is 4.98 Å². The number of aromatic nitrogens is 2. The SMILES string of the molecule is COc1cc(Oc2ccnc3cc(OC)c(OC)cc23)ccc1CC(=O)CCc1nccs1. The Morgan fingerprint density at radius 1 is 0.879 bits per heavy atom. The van der Waals surface area contributed by atoms with Crippen LogP contribution in [0.15, 0.2) is 54.2 Å². The lowest BCUT2D eigenvalue weighted by molar-refractivity contribution is -0.118. The Hall–Kier alpha value is -3.65. The van der Waals surface area contributed by atoms with Crippen molar-refractivity contribution in [1.29, 1.82) is 0 Å². The average Bonchev–Trinajstić information content (AvgIpc) is 3.36. The van der Waals surface area contributed by atoms with Gasteiger partial charge in [-0.15, -0.1) is 11.3 Å². The van der Waals surface area contributed by atoms with Crippen LogP contribution in [0.5, 0.6) is 28.7 Å². The molecule has 0 N–H and O–H groups in total. The summed E-state index contributed by atoms with van der Waals surface area (Å²) in [6, 6.07) is 10.9. The Morgan fingerprint density at radius 3 is 2.39 bits per heavy atom. The monoisotopic (exact) mass is 464 g/mol. The van der Waals surface area contributed by atoms with Gasteiger partial charge in [-0.05, 0) is 18.2 Å². The van der Waals surface area contributed by atoms with Gasteiger partial charge in [0.15, 0.2) is 11.5 Å². The lowest BCUT2D eigenvalue weighted by atomic mass is 10.0. The van der Waals surface area contributed by atoms with Crippen molar-refractivity contribution in [3.8, 4) is 28.7 Å². The zero-order valence-electron chi connectivity index (χ0n) is 18.7. The van der Waals surface area contributed by atoms with Crippen LogP contribution in [0.25, 0.3) is 10.9 Å². The molecule has 0 saturated heterocycles. The third-order valence-corrected chi connectivity index (χ3v) is 6.02. The lowest BCUT2D eigenvalue weighted by Gasteiger charge is -2.14. The van der Waals surface area contributed by atoms with Crippen molar-refractivity contribution in [2.45, 2.75) is 19.3 Å². The summed E-state index contributed by atoms with van der Waals surface area (Å²) in [4.78, 5) is 21.1. The van der Waals surface area contributed by atoms with Crippen molar-refractivity contribution in [1.82, 2.24) is 9.97 Å². The molecule has 0 aliphatic heterocycles. The Morgan fingerprint density at radius 2 is 1.67 bits per heavy atom. The topological polar surface area (TPSA) is 79.8 Å². The summed E-state index contributed by atoms with van der Waals surface area (Å²) in [5.74, 6) is 3.14. The molecule has 0 atom stereocenters. The standard InChI is InChI=1S/C25H24N2O5S/c1-29-22-13-18(6-4-16(22)12-17(28)5-7-25-27-10-11-33-25)32-21-8-9-26-20-15-24(31-3)23(30-2)14-19(20)21/h4,6,8-11,13-15H,5,7,12H2,1-3H3. The molecule has 4 aromatic rings. The smallest absolute Gasteiger partial charge is 0.162 e. The Labute approximate surface area is 195 Å². The maximum absolute atomic E-state index is 12.5. The number of Topliss-reactive ketones (excluding diaryl/α,β-unsaturated/α-hetero) is 1. The molecule has 2 aromatic heterocycles. The molecule has 2 heterocycles. The van der Waals surface area contributed by atoms with E-state index in [-0.39, 0.29) is 5.78 Å². The number of fused-ring (bicyclic) bond motifs is 1. The molecule has 0 fully saturated rings. The number of thiazole rings is 1. The van der Waals surface area contributed by atoms with Gasteiger partial charge in [0.25, 0.3) is 0 Å². The second kappa shape index (κ2) is 10.3. The van der Waals surface area contributed by atoms with Crippen molar-refractivity contribution in [2.75, 3.05) is 21.3 Å². The fourth-order valence-electron chi connectivity index (χ4n) is 3.52. The van der Waals surface area contributed by atoms with Gasteiger partial charge in [0.05, 0.1) is 31.9 Å². The number of carbonyl (C=O) groups is 1. The van der Waals surface area contributed by atoms with E-state index in [9.17, 15) is 4.79 Å². The van der Waals surface area contributed by atoms with E-state index in [4.69, 9.17) is 18.9 Å². The Kier molecular flexibility index (Phi) is 7.04. The van der Waals surface area contributed by atoms with Crippen LogP contribution < -0.4 is 18.9 Å². The molecule has 7 nitrogen and oxygen atoms in total. The first-order valence-electron chi connectivity index (χ1n) is 10.4. The van der Waals surface area contributed by atoms with E-state index in [1.54, 1.807) is 57.2 Å². The first kappa shape index (κ1) is 22.5.